The third-order valence-electron chi connectivity index (χ3n) is 3.52. The van der Waals surface area contributed by atoms with Crippen molar-refractivity contribution in [3.05, 3.63) is 58.2 Å². The van der Waals surface area contributed by atoms with Crippen molar-refractivity contribution in [3.63, 3.8) is 0 Å². The summed E-state index contributed by atoms with van der Waals surface area (Å²) in [5, 5.41) is 21.3. The van der Waals surface area contributed by atoms with E-state index in [1.54, 1.807) is 18.5 Å². The second-order valence-electron chi connectivity index (χ2n) is 5.29. The number of amides is 1. The van der Waals surface area contributed by atoms with Gasteiger partial charge < -0.3 is 9.88 Å². The van der Waals surface area contributed by atoms with Crippen molar-refractivity contribution < 1.29 is 9.72 Å². The second-order valence-corrected chi connectivity index (χ2v) is 5.29. The van der Waals surface area contributed by atoms with Crippen LogP contribution in [0.5, 0.6) is 0 Å². The van der Waals surface area contributed by atoms with Gasteiger partial charge in [0.15, 0.2) is 5.82 Å². The number of nitro groups is 1. The lowest BCUT2D eigenvalue weighted by Crippen LogP contribution is -2.22. The van der Waals surface area contributed by atoms with Crippen LogP contribution in [-0.2, 0) is 11.3 Å². The molecule has 1 aliphatic rings. The zero-order valence-electron chi connectivity index (χ0n) is 12.3. The highest BCUT2D eigenvalue weighted by Crippen LogP contribution is 2.35. The molecular formula is C15H15N5O3. The molecule has 8 nitrogen and oxygen atoms in total. The zero-order valence-corrected chi connectivity index (χ0v) is 12.3. The fourth-order valence-corrected chi connectivity index (χ4v) is 2.19. The number of aromatic nitrogens is 3. The van der Waals surface area contributed by atoms with Gasteiger partial charge in [-0.05, 0) is 24.5 Å². The monoisotopic (exact) mass is 313 g/mol. The lowest BCUT2D eigenvalue weighted by Gasteiger charge is -2.04. The molecule has 1 N–H and O–H groups in total. The van der Waals surface area contributed by atoms with Gasteiger partial charge in [0.1, 0.15) is 6.33 Å². The van der Waals surface area contributed by atoms with E-state index in [0.717, 1.165) is 18.7 Å². The Morgan fingerprint density at radius 2 is 2.30 bits per heavy atom. The Hall–Kier alpha value is -3.03. The summed E-state index contributed by atoms with van der Waals surface area (Å²) in [4.78, 5) is 22.1. The third-order valence-corrected chi connectivity index (χ3v) is 3.52. The summed E-state index contributed by atoms with van der Waals surface area (Å²) in [5.41, 5.74) is 0.584. The van der Waals surface area contributed by atoms with E-state index >= 15 is 0 Å². The van der Waals surface area contributed by atoms with E-state index in [1.807, 2.05) is 4.57 Å². The smallest absolute Gasteiger partial charge is 0.270 e. The van der Waals surface area contributed by atoms with Crippen LogP contribution in [0.1, 0.15) is 30.3 Å². The molecule has 23 heavy (non-hydrogen) atoms. The topological polar surface area (TPSA) is 103 Å². The predicted molar refractivity (Wildman–Crippen MR) is 82.3 cm³/mol. The van der Waals surface area contributed by atoms with E-state index in [1.165, 1.54) is 24.3 Å². The summed E-state index contributed by atoms with van der Waals surface area (Å²) in [6.07, 6.45) is 6.79. The molecule has 1 amide bonds. The van der Waals surface area contributed by atoms with Crippen molar-refractivity contribution in [2.45, 2.75) is 25.4 Å². The van der Waals surface area contributed by atoms with Gasteiger partial charge in [0.2, 0.25) is 5.91 Å². The van der Waals surface area contributed by atoms with Crippen molar-refractivity contribution in [2.24, 2.45) is 0 Å². The summed E-state index contributed by atoms with van der Waals surface area (Å²) in [5.74, 6) is 0.437. The molecule has 1 aliphatic carbocycles. The van der Waals surface area contributed by atoms with Gasteiger partial charge in [-0.3, -0.25) is 14.9 Å². The number of benzene rings is 1. The number of non-ortho nitro benzene ring substituents is 1. The van der Waals surface area contributed by atoms with Gasteiger partial charge >= 0.3 is 0 Å². The molecule has 0 unspecified atom stereocenters. The lowest BCUT2D eigenvalue weighted by atomic mass is 10.2. The van der Waals surface area contributed by atoms with Crippen LogP contribution < -0.4 is 5.32 Å². The third kappa shape index (κ3) is 3.79. The van der Waals surface area contributed by atoms with Crippen LogP contribution in [0.4, 0.5) is 5.69 Å². The Morgan fingerprint density at radius 3 is 3.04 bits per heavy atom. The summed E-state index contributed by atoms with van der Waals surface area (Å²) in [6, 6.07) is 6.54. The number of nitrogens with one attached hydrogen (secondary N) is 1. The molecule has 1 aromatic carbocycles. The Kier molecular flexibility index (Phi) is 4.13. The van der Waals surface area contributed by atoms with Gasteiger partial charge in [0, 0.05) is 24.3 Å². The standard InChI is InChI=1S/C15H15N5O3/c21-15(7-4-11-2-1-3-13(8-11)20(22)23)16-9-14-18-17-10-19(14)12-5-6-12/h1-4,7-8,10,12H,5-6,9H2,(H,16,21)/b7-4+. The minimum absolute atomic E-state index is 0.00917. The molecule has 0 aliphatic heterocycles. The lowest BCUT2D eigenvalue weighted by molar-refractivity contribution is -0.384. The van der Waals surface area contributed by atoms with Crippen LogP contribution in [0, 0.1) is 10.1 Å². The molecule has 8 heteroatoms. The maximum atomic E-state index is 11.8. The van der Waals surface area contributed by atoms with Crippen molar-refractivity contribution in [1.82, 2.24) is 20.1 Å². The van der Waals surface area contributed by atoms with Crippen molar-refractivity contribution in [2.75, 3.05) is 0 Å². The van der Waals surface area contributed by atoms with Gasteiger partial charge in [0.05, 0.1) is 11.5 Å². The van der Waals surface area contributed by atoms with Gasteiger partial charge in [-0.25, -0.2) is 0 Å². The fourth-order valence-electron chi connectivity index (χ4n) is 2.19. The van der Waals surface area contributed by atoms with E-state index in [9.17, 15) is 14.9 Å². The van der Waals surface area contributed by atoms with E-state index in [0.29, 0.717) is 18.2 Å². The number of carbonyl (C=O) groups excluding carboxylic acids is 1. The van der Waals surface area contributed by atoms with Crippen LogP contribution in [0.25, 0.3) is 6.08 Å². The van der Waals surface area contributed by atoms with Crippen LogP contribution in [0.15, 0.2) is 36.7 Å². The maximum absolute atomic E-state index is 11.8. The second kappa shape index (κ2) is 6.39. The highest BCUT2D eigenvalue weighted by Gasteiger charge is 2.25. The van der Waals surface area contributed by atoms with Crippen LogP contribution >= 0.6 is 0 Å². The first-order chi connectivity index (χ1) is 11.1. The minimum Gasteiger partial charge on any atom is -0.345 e. The summed E-state index contributed by atoms with van der Waals surface area (Å²) in [6.45, 7) is 0.300. The fraction of sp³-hybridized carbons (Fsp3) is 0.267. The molecule has 2 aromatic rings. The highest BCUT2D eigenvalue weighted by molar-refractivity contribution is 5.91. The van der Waals surface area contributed by atoms with Gasteiger partial charge in [-0.1, -0.05) is 12.1 Å². The van der Waals surface area contributed by atoms with Gasteiger partial charge in [0.25, 0.3) is 5.69 Å². The van der Waals surface area contributed by atoms with Crippen molar-refractivity contribution in [1.29, 1.82) is 0 Å². The van der Waals surface area contributed by atoms with Crippen LogP contribution in [0.3, 0.4) is 0 Å². The van der Waals surface area contributed by atoms with Crippen molar-refractivity contribution >= 4 is 17.7 Å². The van der Waals surface area contributed by atoms with Crippen molar-refractivity contribution in [3.8, 4) is 0 Å². The highest BCUT2D eigenvalue weighted by atomic mass is 16.6. The van der Waals surface area contributed by atoms with E-state index in [4.69, 9.17) is 0 Å². The summed E-state index contributed by atoms with van der Waals surface area (Å²) < 4.78 is 1.98. The first-order valence-corrected chi connectivity index (χ1v) is 7.22. The molecule has 0 radical (unpaired) electrons. The number of hydrogen-bond acceptors (Lipinski definition) is 5. The number of rotatable bonds is 6. The molecule has 0 spiro atoms. The molecule has 1 aromatic heterocycles. The SMILES string of the molecule is O=C(/C=C/c1cccc([N+](=O)[O-])c1)NCc1nncn1C1CC1. The first-order valence-electron chi connectivity index (χ1n) is 7.22. The maximum Gasteiger partial charge on any atom is 0.270 e. The van der Waals surface area contributed by atoms with Gasteiger partial charge in [-0.15, -0.1) is 10.2 Å². The average Bonchev–Trinajstić information content (AvgIpc) is 3.29. The molecule has 1 fully saturated rings. The number of carbonyl (C=O) groups is 1. The average molecular weight is 313 g/mol. The quantitative estimate of drug-likeness (QED) is 0.498. The Labute approximate surface area is 132 Å². The Balaban J connectivity index is 1.57. The summed E-state index contributed by atoms with van der Waals surface area (Å²) in [7, 11) is 0. The minimum atomic E-state index is -0.470. The molecule has 3 rings (SSSR count). The Bertz CT molecular complexity index is 764. The van der Waals surface area contributed by atoms with E-state index in [2.05, 4.69) is 15.5 Å². The number of nitrogens with zero attached hydrogens (tertiary/aromatic N) is 4. The molecule has 118 valence electrons. The first kappa shape index (κ1) is 14.9. The van der Waals surface area contributed by atoms with E-state index < -0.39 is 4.92 Å². The van der Waals surface area contributed by atoms with Crippen LogP contribution in [-0.4, -0.2) is 25.6 Å². The largest absolute Gasteiger partial charge is 0.345 e. The molecule has 0 atom stereocenters. The molecule has 0 bridgehead atoms. The number of hydrogen-bond donors (Lipinski definition) is 1. The Morgan fingerprint density at radius 1 is 1.48 bits per heavy atom. The van der Waals surface area contributed by atoms with E-state index in [-0.39, 0.29) is 11.6 Å². The van der Waals surface area contributed by atoms with Gasteiger partial charge in [-0.2, -0.15) is 0 Å². The molecule has 1 heterocycles. The zero-order chi connectivity index (χ0) is 16.2. The molecular weight excluding hydrogens is 298 g/mol. The number of nitro benzene ring substituents is 1. The normalized spacial score (nSPS) is 14.1. The molecule has 1 saturated carbocycles. The summed E-state index contributed by atoms with van der Waals surface area (Å²) >= 11 is 0. The predicted octanol–water partition coefficient (Wildman–Crippen LogP) is 1.85. The van der Waals surface area contributed by atoms with Crippen LogP contribution in [0.2, 0.25) is 0 Å². The molecule has 0 saturated heterocycles.